The first-order valence-electron chi connectivity index (χ1n) is 16.7. The number of nitrogens with zero attached hydrogens (tertiary/aromatic N) is 4. The highest BCUT2D eigenvalue weighted by atomic mass is 19.1. The fraction of sp³-hybridized carbons (Fsp3) is 0.618. The van der Waals surface area contributed by atoms with Crippen molar-refractivity contribution in [2.75, 3.05) is 43.9 Å². The number of aryl methyl sites for hydroxylation is 1. The number of carbonyl (C=O) groups is 4. The molecule has 12 heteroatoms. The van der Waals surface area contributed by atoms with E-state index in [-0.39, 0.29) is 35.8 Å². The molecule has 1 saturated carbocycles. The summed E-state index contributed by atoms with van der Waals surface area (Å²) in [6.45, 7) is 10.5. The zero-order chi connectivity index (χ0) is 33.4. The maximum absolute atomic E-state index is 15.7. The molecule has 2 fully saturated rings. The van der Waals surface area contributed by atoms with Crippen LogP contribution in [-0.2, 0) is 25.7 Å². The highest BCUT2D eigenvalue weighted by molar-refractivity contribution is 6.10. The van der Waals surface area contributed by atoms with Gasteiger partial charge >= 0.3 is 0 Å². The molecule has 4 amide bonds. The predicted molar refractivity (Wildman–Crippen MR) is 176 cm³/mol. The molecule has 1 aliphatic carbocycles. The molecule has 0 radical (unpaired) electrons. The number of benzene rings is 1. The van der Waals surface area contributed by atoms with Gasteiger partial charge in [-0.25, -0.2) is 9.07 Å². The molecule has 2 aromatic rings. The van der Waals surface area contributed by atoms with Crippen LogP contribution in [0.15, 0.2) is 30.5 Å². The molecule has 252 valence electrons. The molecule has 3 N–H and O–H groups in total. The van der Waals surface area contributed by atoms with Crippen LogP contribution in [0.4, 0.5) is 15.9 Å². The Bertz CT molecular complexity index is 1370. The smallest absolute Gasteiger partial charge is 0.245 e. The summed E-state index contributed by atoms with van der Waals surface area (Å²) in [4.78, 5) is 57.3. The number of likely N-dealkylation sites (N-methyl/N-ethyl adjacent to an activating group) is 1. The van der Waals surface area contributed by atoms with Gasteiger partial charge in [0.05, 0.1) is 11.9 Å². The molecule has 1 aromatic carbocycles. The first kappa shape index (κ1) is 35.1. The molecule has 46 heavy (non-hydrogen) atoms. The maximum atomic E-state index is 15.7. The van der Waals surface area contributed by atoms with Gasteiger partial charge in [0, 0.05) is 51.1 Å². The number of anilines is 2. The molecular weight excluding hydrogens is 589 g/mol. The Morgan fingerprint density at radius 1 is 0.957 bits per heavy atom. The van der Waals surface area contributed by atoms with Crippen LogP contribution in [0.5, 0.6) is 0 Å². The summed E-state index contributed by atoms with van der Waals surface area (Å²) in [5.74, 6) is -3.30. The SMILES string of the molecule is CCC(=O)N[C@@H](C(=O)N1CCN(C)CC1)[C@@H](C)c1ccc(NC(=O)[C@@H](C(=O)Nc2ccnn2CC)[C@@H](C)C2CCCCC2)c(F)c1. The molecule has 4 atom stereocenters. The summed E-state index contributed by atoms with van der Waals surface area (Å²) >= 11 is 0. The van der Waals surface area contributed by atoms with Gasteiger partial charge in [-0.15, -0.1) is 0 Å². The van der Waals surface area contributed by atoms with Gasteiger partial charge in [0.2, 0.25) is 23.6 Å². The Morgan fingerprint density at radius 2 is 1.63 bits per heavy atom. The molecular formula is C34H50FN7O4. The molecule has 1 saturated heterocycles. The van der Waals surface area contributed by atoms with E-state index < -0.39 is 35.5 Å². The van der Waals surface area contributed by atoms with E-state index in [4.69, 9.17) is 0 Å². The molecule has 1 aromatic heterocycles. The number of nitrogens with one attached hydrogen (secondary N) is 3. The fourth-order valence-electron chi connectivity index (χ4n) is 6.64. The van der Waals surface area contributed by atoms with E-state index in [1.54, 1.807) is 41.8 Å². The van der Waals surface area contributed by atoms with E-state index in [2.05, 4.69) is 25.9 Å². The van der Waals surface area contributed by atoms with Crippen LogP contribution >= 0.6 is 0 Å². The number of aromatic nitrogens is 2. The molecule has 2 heterocycles. The minimum Gasteiger partial charge on any atom is -0.344 e. The predicted octanol–water partition coefficient (Wildman–Crippen LogP) is 4.22. The Balaban J connectivity index is 1.54. The average Bonchev–Trinajstić information content (AvgIpc) is 3.51. The lowest BCUT2D eigenvalue weighted by Gasteiger charge is -2.36. The van der Waals surface area contributed by atoms with Crippen molar-refractivity contribution in [3.8, 4) is 0 Å². The topological polar surface area (TPSA) is 129 Å². The second kappa shape index (κ2) is 16.2. The number of hydrogen-bond acceptors (Lipinski definition) is 6. The van der Waals surface area contributed by atoms with Crippen LogP contribution in [0.1, 0.15) is 77.7 Å². The zero-order valence-electron chi connectivity index (χ0n) is 27.9. The molecule has 2 aliphatic rings. The van der Waals surface area contributed by atoms with E-state index in [0.717, 1.165) is 45.2 Å². The van der Waals surface area contributed by atoms with Gasteiger partial charge in [-0.3, -0.25) is 19.2 Å². The van der Waals surface area contributed by atoms with Crippen LogP contribution in [0.2, 0.25) is 0 Å². The maximum Gasteiger partial charge on any atom is 0.245 e. The van der Waals surface area contributed by atoms with Crippen molar-refractivity contribution in [1.82, 2.24) is 24.9 Å². The summed E-state index contributed by atoms with van der Waals surface area (Å²) in [6.07, 6.45) is 6.93. The average molecular weight is 640 g/mol. The van der Waals surface area contributed by atoms with Gasteiger partial charge in [0.1, 0.15) is 23.6 Å². The molecule has 4 rings (SSSR count). The largest absolute Gasteiger partial charge is 0.344 e. The Morgan fingerprint density at radius 3 is 2.26 bits per heavy atom. The first-order chi connectivity index (χ1) is 22.0. The van der Waals surface area contributed by atoms with Crippen LogP contribution in [0.3, 0.4) is 0 Å². The summed E-state index contributed by atoms with van der Waals surface area (Å²) in [7, 11) is 2.00. The molecule has 0 bridgehead atoms. The van der Waals surface area contributed by atoms with Crippen LogP contribution in [0, 0.1) is 23.6 Å². The molecule has 11 nitrogen and oxygen atoms in total. The lowest BCUT2D eigenvalue weighted by Crippen LogP contribution is -2.55. The number of amides is 4. The Kier molecular flexibility index (Phi) is 12.3. The summed E-state index contributed by atoms with van der Waals surface area (Å²) < 4.78 is 17.3. The fourth-order valence-corrected chi connectivity index (χ4v) is 6.64. The van der Waals surface area contributed by atoms with Gasteiger partial charge < -0.3 is 25.8 Å². The van der Waals surface area contributed by atoms with Gasteiger partial charge in [0.15, 0.2) is 0 Å². The normalized spacial score (nSPS) is 18.7. The van der Waals surface area contributed by atoms with Crippen molar-refractivity contribution in [3.05, 3.63) is 41.8 Å². The Labute approximate surface area is 271 Å². The summed E-state index contributed by atoms with van der Waals surface area (Å²) in [5.41, 5.74) is 0.463. The number of carbonyl (C=O) groups excluding carboxylic acids is 4. The second-order valence-electron chi connectivity index (χ2n) is 12.8. The minimum atomic E-state index is -1.05. The third-order valence-electron chi connectivity index (χ3n) is 9.75. The van der Waals surface area contributed by atoms with Gasteiger partial charge in [-0.2, -0.15) is 5.10 Å². The number of halogens is 1. The highest BCUT2D eigenvalue weighted by Crippen LogP contribution is 2.35. The third-order valence-corrected chi connectivity index (χ3v) is 9.75. The van der Waals surface area contributed by atoms with Crippen LogP contribution in [0.25, 0.3) is 0 Å². The van der Waals surface area contributed by atoms with Crippen LogP contribution < -0.4 is 16.0 Å². The van der Waals surface area contributed by atoms with Crippen LogP contribution in [-0.4, -0.2) is 82.5 Å². The quantitative estimate of drug-likeness (QED) is 0.299. The lowest BCUT2D eigenvalue weighted by atomic mass is 9.74. The zero-order valence-corrected chi connectivity index (χ0v) is 27.9. The standard InChI is InChI=1S/C34H50FN7O4/c1-6-29(43)39-31(34(46)41-19-17-40(5)18-20-41)23(4)25-13-14-27(26(35)21-25)37-32(44)30(22(3)24-11-9-8-10-12-24)33(45)38-28-15-16-36-42(28)7-2/h13-16,21-24,30-31H,6-12,17-20H2,1-5H3,(H,37,44)(H,38,45)(H,39,43)/t22-,23-,30-,31+/m0/s1. The van der Waals surface area contributed by atoms with E-state index in [1.807, 2.05) is 20.9 Å². The highest BCUT2D eigenvalue weighted by Gasteiger charge is 2.38. The van der Waals surface area contributed by atoms with Gasteiger partial charge in [0.25, 0.3) is 0 Å². The number of hydrogen-bond donors (Lipinski definition) is 3. The van der Waals surface area contributed by atoms with E-state index in [0.29, 0.717) is 31.0 Å². The van der Waals surface area contributed by atoms with Crippen molar-refractivity contribution in [2.24, 2.45) is 17.8 Å². The van der Waals surface area contributed by atoms with Crippen molar-refractivity contribution in [2.45, 2.75) is 84.7 Å². The molecule has 0 unspecified atom stereocenters. The second-order valence-corrected chi connectivity index (χ2v) is 12.8. The first-order valence-corrected chi connectivity index (χ1v) is 16.7. The van der Waals surface area contributed by atoms with Crippen molar-refractivity contribution >= 4 is 35.1 Å². The van der Waals surface area contributed by atoms with Crippen molar-refractivity contribution in [1.29, 1.82) is 0 Å². The van der Waals surface area contributed by atoms with Gasteiger partial charge in [-0.05, 0) is 43.5 Å². The lowest BCUT2D eigenvalue weighted by molar-refractivity contribution is -0.138. The molecule has 0 spiro atoms. The number of piperazine rings is 1. The minimum absolute atomic E-state index is 0.0484. The Hall–Kier alpha value is -3.80. The van der Waals surface area contributed by atoms with E-state index in [9.17, 15) is 19.2 Å². The monoisotopic (exact) mass is 639 g/mol. The third kappa shape index (κ3) is 8.51. The summed E-state index contributed by atoms with van der Waals surface area (Å²) in [6, 6.07) is 5.24. The van der Waals surface area contributed by atoms with E-state index in [1.165, 1.54) is 12.1 Å². The number of rotatable bonds is 12. The van der Waals surface area contributed by atoms with Gasteiger partial charge in [-0.1, -0.05) is 58.9 Å². The molecule has 1 aliphatic heterocycles. The van der Waals surface area contributed by atoms with Crippen molar-refractivity contribution < 1.29 is 23.6 Å². The van der Waals surface area contributed by atoms with E-state index >= 15 is 4.39 Å². The summed E-state index contributed by atoms with van der Waals surface area (Å²) in [5, 5.41) is 12.6. The van der Waals surface area contributed by atoms with Crippen molar-refractivity contribution in [3.63, 3.8) is 0 Å².